The lowest BCUT2D eigenvalue weighted by Crippen LogP contribution is -2.53. The molecule has 0 saturated carbocycles. The molecule has 2 fully saturated rings. The van der Waals surface area contributed by atoms with Crippen molar-refractivity contribution in [2.45, 2.75) is 51.5 Å². The van der Waals surface area contributed by atoms with E-state index in [0.29, 0.717) is 11.1 Å². The monoisotopic (exact) mass is 507 g/mol. The van der Waals surface area contributed by atoms with E-state index in [2.05, 4.69) is 34.8 Å². The van der Waals surface area contributed by atoms with Crippen LogP contribution in [0.1, 0.15) is 71.3 Å². The number of carbonyl (C=O) groups is 2. The number of benzene rings is 1. The van der Waals surface area contributed by atoms with Gasteiger partial charge in [-0.15, -0.1) is 11.3 Å². The van der Waals surface area contributed by atoms with E-state index in [9.17, 15) is 9.59 Å². The van der Waals surface area contributed by atoms with Crippen LogP contribution in [0.5, 0.6) is 0 Å². The minimum atomic E-state index is -0.234. The van der Waals surface area contributed by atoms with Gasteiger partial charge in [0.05, 0.1) is 16.0 Å². The van der Waals surface area contributed by atoms with Gasteiger partial charge in [-0.2, -0.15) is 0 Å². The largest absolute Gasteiger partial charge is 0.348 e. The van der Waals surface area contributed by atoms with Crippen LogP contribution in [0.3, 0.4) is 0 Å². The standard InChI is InChI=1S/C28H37N5O2S/c1-17(2)27-31-21-6-3-5-20(25(21)32-27)28(35)33-24(19-10-14-30-15-11-19)23(18-8-12-29-13-9-18)26(34)22-7-4-16-36-22/h3-7,16-19,23-24,29-30H,8-15H2,1-2H3,(H,31,32)(H,33,35). The number of piperidine rings is 2. The number of H-pyrrole nitrogens is 1. The van der Waals surface area contributed by atoms with Crippen molar-refractivity contribution in [3.63, 3.8) is 0 Å². The SMILES string of the molecule is CC(C)c1nc2c(C(=O)NC(C3CCNCC3)C(C(=O)c3cccs3)C3CCNCC3)cccc2[nH]1. The fourth-order valence-corrected chi connectivity index (χ4v) is 6.61. The summed E-state index contributed by atoms with van der Waals surface area (Å²) in [5.41, 5.74) is 2.14. The van der Waals surface area contributed by atoms with E-state index in [4.69, 9.17) is 4.98 Å². The van der Waals surface area contributed by atoms with Gasteiger partial charge in [-0.3, -0.25) is 9.59 Å². The molecule has 192 valence electrons. The van der Waals surface area contributed by atoms with E-state index in [-0.39, 0.29) is 41.4 Å². The van der Waals surface area contributed by atoms with Crippen molar-refractivity contribution < 1.29 is 9.59 Å². The Morgan fingerprint density at radius 3 is 2.31 bits per heavy atom. The number of amides is 1. The molecule has 3 aromatic rings. The predicted molar refractivity (Wildman–Crippen MR) is 145 cm³/mol. The summed E-state index contributed by atoms with van der Waals surface area (Å²) in [7, 11) is 0. The lowest BCUT2D eigenvalue weighted by molar-refractivity contribution is 0.0687. The first-order valence-corrected chi connectivity index (χ1v) is 14.2. The number of para-hydroxylation sites is 1. The molecule has 2 aromatic heterocycles. The Balaban J connectivity index is 1.51. The number of rotatable bonds is 8. The topological polar surface area (TPSA) is 98.9 Å². The molecule has 1 aromatic carbocycles. The van der Waals surface area contributed by atoms with E-state index < -0.39 is 0 Å². The number of thiophene rings is 1. The lowest BCUT2D eigenvalue weighted by Gasteiger charge is -2.40. The van der Waals surface area contributed by atoms with Crippen LogP contribution in [0.2, 0.25) is 0 Å². The lowest BCUT2D eigenvalue weighted by atomic mass is 9.71. The third-order valence-corrected chi connectivity index (χ3v) is 8.74. The van der Waals surface area contributed by atoms with Gasteiger partial charge < -0.3 is 20.9 Å². The van der Waals surface area contributed by atoms with Crippen LogP contribution in [0.15, 0.2) is 35.7 Å². The first-order valence-electron chi connectivity index (χ1n) is 13.3. The Labute approximate surface area is 216 Å². The minimum Gasteiger partial charge on any atom is -0.348 e. The Kier molecular flexibility index (Phi) is 7.84. The van der Waals surface area contributed by atoms with Gasteiger partial charge in [-0.1, -0.05) is 26.0 Å². The van der Waals surface area contributed by atoms with Crippen LogP contribution >= 0.6 is 11.3 Å². The van der Waals surface area contributed by atoms with E-state index in [1.807, 2.05) is 35.7 Å². The summed E-state index contributed by atoms with van der Waals surface area (Å²) < 4.78 is 0. The highest BCUT2D eigenvalue weighted by Crippen LogP contribution is 2.35. The highest BCUT2D eigenvalue weighted by molar-refractivity contribution is 7.12. The second kappa shape index (κ2) is 11.2. The van der Waals surface area contributed by atoms with Crippen molar-refractivity contribution in [3.8, 4) is 0 Å². The molecule has 1 amide bonds. The van der Waals surface area contributed by atoms with Crippen molar-refractivity contribution in [2.75, 3.05) is 26.2 Å². The molecule has 2 saturated heterocycles. The van der Waals surface area contributed by atoms with Gasteiger partial charge in [0.15, 0.2) is 5.78 Å². The van der Waals surface area contributed by atoms with Gasteiger partial charge >= 0.3 is 0 Å². The van der Waals surface area contributed by atoms with Crippen molar-refractivity contribution in [2.24, 2.45) is 17.8 Å². The molecule has 2 atom stereocenters. The molecule has 2 aliphatic rings. The summed E-state index contributed by atoms with van der Waals surface area (Å²) >= 11 is 1.51. The van der Waals surface area contributed by atoms with Crippen LogP contribution in [0.25, 0.3) is 11.0 Å². The van der Waals surface area contributed by atoms with Gasteiger partial charge in [-0.25, -0.2) is 4.98 Å². The van der Waals surface area contributed by atoms with Crippen LogP contribution in [0.4, 0.5) is 0 Å². The third kappa shape index (κ3) is 5.26. The number of imidazole rings is 1. The maximum atomic E-state index is 14.0. The second-order valence-corrected chi connectivity index (χ2v) is 11.5. The molecule has 7 nitrogen and oxygen atoms in total. The molecular weight excluding hydrogens is 470 g/mol. The Bertz CT molecular complexity index is 1180. The predicted octanol–water partition coefficient (Wildman–Crippen LogP) is 4.34. The normalized spacial score (nSPS) is 19.4. The molecule has 4 heterocycles. The minimum absolute atomic E-state index is 0.135. The number of ketones is 1. The molecule has 2 unspecified atom stereocenters. The zero-order valence-corrected chi connectivity index (χ0v) is 22.0. The smallest absolute Gasteiger partial charge is 0.253 e. The number of nitrogens with one attached hydrogen (secondary N) is 4. The zero-order valence-electron chi connectivity index (χ0n) is 21.2. The molecule has 2 aliphatic heterocycles. The number of fused-ring (bicyclic) bond motifs is 1. The van der Waals surface area contributed by atoms with Crippen molar-refractivity contribution in [1.29, 1.82) is 0 Å². The highest BCUT2D eigenvalue weighted by atomic mass is 32.1. The van der Waals surface area contributed by atoms with Gasteiger partial charge in [0.1, 0.15) is 11.3 Å². The molecular formula is C28H37N5O2S. The summed E-state index contributed by atoms with van der Waals surface area (Å²) in [5.74, 6) is 1.43. The summed E-state index contributed by atoms with van der Waals surface area (Å²) in [4.78, 5) is 36.8. The molecule has 0 spiro atoms. The summed E-state index contributed by atoms with van der Waals surface area (Å²) in [6, 6.07) is 9.38. The first kappa shape index (κ1) is 25.1. The number of nitrogens with zero attached hydrogens (tertiary/aromatic N) is 1. The number of Topliss-reactive ketones (excluding diaryl/α,β-unsaturated/α-hetero) is 1. The second-order valence-electron chi connectivity index (χ2n) is 10.5. The Morgan fingerprint density at radius 1 is 0.972 bits per heavy atom. The molecule has 5 rings (SSSR count). The van der Waals surface area contributed by atoms with Crippen LogP contribution in [-0.4, -0.2) is 53.9 Å². The summed E-state index contributed by atoms with van der Waals surface area (Å²) in [5, 5.41) is 12.3. The molecule has 0 aliphatic carbocycles. The Hall–Kier alpha value is -2.55. The van der Waals surface area contributed by atoms with Crippen molar-refractivity contribution >= 4 is 34.1 Å². The maximum absolute atomic E-state index is 14.0. The molecule has 0 bridgehead atoms. The average molecular weight is 508 g/mol. The fourth-order valence-electron chi connectivity index (χ4n) is 5.90. The van der Waals surface area contributed by atoms with E-state index in [1.54, 1.807) is 0 Å². The zero-order chi connectivity index (χ0) is 25.1. The van der Waals surface area contributed by atoms with E-state index in [0.717, 1.165) is 68.1 Å². The quantitative estimate of drug-likeness (QED) is 0.340. The number of hydrogen-bond acceptors (Lipinski definition) is 6. The first-order chi connectivity index (χ1) is 17.5. The van der Waals surface area contributed by atoms with Gasteiger partial charge in [0, 0.05) is 17.9 Å². The molecule has 4 N–H and O–H groups in total. The van der Waals surface area contributed by atoms with Gasteiger partial charge in [0.25, 0.3) is 5.91 Å². The Morgan fingerprint density at radius 2 is 1.67 bits per heavy atom. The van der Waals surface area contributed by atoms with E-state index >= 15 is 0 Å². The molecule has 8 heteroatoms. The fraction of sp³-hybridized carbons (Fsp3) is 0.536. The number of hydrogen-bond donors (Lipinski definition) is 4. The number of aromatic amines is 1. The summed E-state index contributed by atoms with van der Waals surface area (Å²) in [6.45, 7) is 7.83. The third-order valence-electron chi connectivity index (χ3n) is 7.86. The van der Waals surface area contributed by atoms with Gasteiger partial charge in [-0.05, 0) is 87.3 Å². The molecule has 0 radical (unpaired) electrons. The van der Waals surface area contributed by atoms with E-state index in [1.165, 1.54) is 11.3 Å². The van der Waals surface area contributed by atoms with Crippen molar-refractivity contribution in [3.05, 3.63) is 52.0 Å². The van der Waals surface area contributed by atoms with Crippen LogP contribution in [-0.2, 0) is 0 Å². The van der Waals surface area contributed by atoms with Crippen molar-refractivity contribution in [1.82, 2.24) is 25.9 Å². The van der Waals surface area contributed by atoms with Crippen LogP contribution < -0.4 is 16.0 Å². The summed E-state index contributed by atoms with van der Waals surface area (Å²) in [6.07, 6.45) is 3.81. The molecule has 36 heavy (non-hydrogen) atoms. The number of aromatic nitrogens is 2. The number of carbonyl (C=O) groups excluding carboxylic acids is 2. The maximum Gasteiger partial charge on any atom is 0.253 e. The van der Waals surface area contributed by atoms with Gasteiger partial charge in [0.2, 0.25) is 0 Å². The van der Waals surface area contributed by atoms with Crippen LogP contribution in [0, 0.1) is 17.8 Å². The highest BCUT2D eigenvalue weighted by Gasteiger charge is 2.41. The average Bonchev–Trinajstić information content (AvgIpc) is 3.60.